The topological polar surface area (TPSA) is 87.3 Å². The van der Waals surface area contributed by atoms with Crippen molar-refractivity contribution in [1.82, 2.24) is 10.6 Å². The molecule has 0 unspecified atom stereocenters. The van der Waals surface area contributed by atoms with Crippen molar-refractivity contribution in [2.45, 2.75) is 33.1 Å². The van der Waals surface area contributed by atoms with Gasteiger partial charge in [0.05, 0.1) is 0 Å². The summed E-state index contributed by atoms with van der Waals surface area (Å²) in [6.45, 7) is 4.25. The fourth-order valence-corrected chi connectivity index (χ4v) is 1.81. The minimum atomic E-state index is -0.211. The van der Waals surface area contributed by atoms with Gasteiger partial charge in [0.1, 0.15) is 0 Å². The van der Waals surface area contributed by atoms with E-state index < -0.39 is 0 Å². The summed E-state index contributed by atoms with van der Waals surface area (Å²) < 4.78 is 0. The van der Waals surface area contributed by atoms with E-state index >= 15 is 0 Å². The van der Waals surface area contributed by atoms with E-state index in [0.29, 0.717) is 30.8 Å². The van der Waals surface area contributed by atoms with Gasteiger partial charge in [0.2, 0.25) is 11.8 Å². The molecule has 1 rings (SSSR count). The number of carbonyl (C=O) groups excluding carboxylic acids is 3. The summed E-state index contributed by atoms with van der Waals surface area (Å²) in [6.07, 6.45) is 2.38. The largest absolute Gasteiger partial charge is 0.354 e. The Kier molecular flexibility index (Phi) is 7.67. The number of amides is 3. The summed E-state index contributed by atoms with van der Waals surface area (Å²) in [5.41, 5.74) is 1.15. The van der Waals surface area contributed by atoms with E-state index in [0.717, 1.165) is 12.8 Å². The highest BCUT2D eigenvalue weighted by molar-refractivity contribution is 5.95. The van der Waals surface area contributed by atoms with Crippen molar-refractivity contribution in [2.75, 3.05) is 18.4 Å². The molecule has 3 N–H and O–H groups in total. The third-order valence-electron chi connectivity index (χ3n) is 2.96. The zero-order chi connectivity index (χ0) is 16.4. The monoisotopic (exact) mass is 305 g/mol. The molecule has 0 heterocycles. The minimum Gasteiger partial charge on any atom is -0.354 e. The van der Waals surface area contributed by atoms with Crippen molar-refractivity contribution in [3.8, 4) is 0 Å². The molecule has 1 aromatic rings. The van der Waals surface area contributed by atoms with Gasteiger partial charge >= 0.3 is 0 Å². The molecule has 0 bridgehead atoms. The van der Waals surface area contributed by atoms with Gasteiger partial charge in [0, 0.05) is 37.7 Å². The van der Waals surface area contributed by atoms with Crippen LogP contribution in [0.3, 0.4) is 0 Å². The normalized spacial score (nSPS) is 9.91. The fraction of sp³-hybridized carbons (Fsp3) is 0.438. The van der Waals surface area contributed by atoms with Gasteiger partial charge in [-0.05, 0) is 30.7 Å². The Labute approximate surface area is 130 Å². The molecule has 0 spiro atoms. The van der Waals surface area contributed by atoms with Gasteiger partial charge in [-0.2, -0.15) is 0 Å². The molecule has 0 atom stereocenters. The van der Waals surface area contributed by atoms with E-state index in [-0.39, 0.29) is 17.7 Å². The van der Waals surface area contributed by atoms with E-state index in [9.17, 15) is 14.4 Å². The fourth-order valence-electron chi connectivity index (χ4n) is 1.81. The smallest absolute Gasteiger partial charge is 0.251 e. The van der Waals surface area contributed by atoms with Gasteiger partial charge in [-0.25, -0.2) is 0 Å². The Bertz CT molecular complexity index is 512. The molecule has 3 amide bonds. The average Bonchev–Trinajstić information content (AvgIpc) is 2.49. The molecule has 0 aliphatic heterocycles. The van der Waals surface area contributed by atoms with Crippen molar-refractivity contribution < 1.29 is 14.4 Å². The van der Waals surface area contributed by atoms with E-state index in [1.165, 1.54) is 6.92 Å². The summed E-state index contributed by atoms with van der Waals surface area (Å²) in [5, 5.41) is 8.12. The third kappa shape index (κ3) is 6.88. The van der Waals surface area contributed by atoms with Gasteiger partial charge in [0.15, 0.2) is 0 Å². The molecule has 6 nitrogen and oxygen atoms in total. The molecule has 0 aliphatic rings. The van der Waals surface area contributed by atoms with Crippen LogP contribution in [0.15, 0.2) is 24.3 Å². The van der Waals surface area contributed by atoms with Crippen LogP contribution in [0.4, 0.5) is 5.69 Å². The molecular weight excluding hydrogens is 282 g/mol. The number of hydrogen-bond donors (Lipinski definition) is 3. The van der Waals surface area contributed by atoms with Gasteiger partial charge in [-0.1, -0.05) is 13.3 Å². The first-order valence-electron chi connectivity index (χ1n) is 7.45. The SMILES string of the molecule is CCCCC(=O)NCCNC(=O)c1ccc(NC(C)=O)cc1. The summed E-state index contributed by atoms with van der Waals surface area (Å²) in [5.74, 6) is -0.357. The first-order chi connectivity index (χ1) is 10.5. The van der Waals surface area contributed by atoms with Crippen LogP contribution in [0, 0.1) is 0 Å². The van der Waals surface area contributed by atoms with Crippen LogP contribution in [0.1, 0.15) is 43.5 Å². The zero-order valence-electron chi connectivity index (χ0n) is 13.1. The molecule has 0 saturated heterocycles. The Morgan fingerprint density at radius 1 is 1.00 bits per heavy atom. The second kappa shape index (κ2) is 9.55. The van der Waals surface area contributed by atoms with Crippen LogP contribution in [-0.4, -0.2) is 30.8 Å². The number of unbranched alkanes of at least 4 members (excludes halogenated alkanes) is 1. The highest BCUT2D eigenvalue weighted by Gasteiger charge is 2.05. The number of benzene rings is 1. The highest BCUT2D eigenvalue weighted by Crippen LogP contribution is 2.09. The van der Waals surface area contributed by atoms with Gasteiger partial charge in [0.25, 0.3) is 5.91 Å². The second-order valence-corrected chi connectivity index (χ2v) is 4.97. The molecule has 0 radical (unpaired) electrons. The molecule has 0 aliphatic carbocycles. The maximum atomic E-state index is 11.9. The Balaban J connectivity index is 2.30. The third-order valence-corrected chi connectivity index (χ3v) is 2.96. The lowest BCUT2D eigenvalue weighted by Gasteiger charge is -2.08. The standard InChI is InChI=1S/C16H23N3O3/c1-3-4-5-15(21)17-10-11-18-16(22)13-6-8-14(9-7-13)19-12(2)20/h6-9H,3-5,10-11H2,1-2H3,(H,17,21)(H,18,22)(H,19,20). The second-order valence-electron chi connectivity index (χ2n) is 4.97. The summed E-state index contributed by atoms with van der Waals surface area (Å²) in [6, 6.07) is 6.62. The Morgan fingerprint density at radius 3 is 2.23 bits per heavy atom. The van der Waals surface area contributed by atoms with Crippen LogP contribution >= 0.6 is 0 Å². The lowest BCUT2D eigenvalue weighted by Crippen LogP contribution is -2.34. The molecule has 22 heavy (non-hydrogen) atoms. The number of carbonyl (C=O) groups is 3. The average molecular weight is 305 g/mol. The Hall–Kier alpha value is -2.37. The van der Waals surface area contributed by atoms with Crippen LogP contribution in [-0.2, 0) is 9.59 Å². The zero-order valence-corrected chi connectivity index (χ0v) is 13.1. The molecular formula is C16H23N3O3. The quantitative estimate of drug-likeness (QED) is 0.639. The summed E-state index contributed by atoms with van der Waals surface area (Å²) >= 11 is 0. The van der Waals surface area contributed by atoms with E-state index in [2.05, 4.69) is 16.0 Å². The molecule has 120 valence electrons. The predicted octanol–water partition coefficient (Wildman–Crippen LogP) is 1.68. The van der Waals surface area contributed by atoms with Gasteiger partial charge in [-0.15, -0.1) is 0 Å². The molecule has 0 aromatic heterocycles. The van der Waals surface area contributed by atoms with Gasteiger partial charge < -0.3 is 16.0 Å². The number of hydrogen-bond acceptors (Lipinski definition) is 3. The van der Waals surface area contributed by atoms with Crippen molar-refractivity contribution in [3.63, 3.8) is 0 Å². The predicted molar refractivity (Wildman–Crippen MR) is 85.6 cm³/mol. The lowest BCUT2D eigenvalue weighted by molar-refractivity contribution is -0.121. The maximum absolute atomic E-state index is 11.9. The van der Waals surface area contributed by atoms with Crippen LogP contribution in [0.2, 0.25) is 0 Å². The molecule has 6 heteroatoms. The van der Waals surface area contributed by atoms with Gasteiger partial charge in [-0.3, -0.25) is 14.4 Å². The maximum Gasteiger partial charge on any atom is 0.251 e. The molecule has 1 aromatic carbocycles. The summed E-state index contributed by atoms with van der Waals surface area (Å²) in [4.78, 5) is 34.2. The van der Waals surface area contributed by atoms with Crippen molar-refractivity contribution in [3.05, 3.63) is 29.8 Å². The first kappa shape index (κ1) is 17.7. The molecule has 0 saturated carbocycles. The Morgan fingerprint density at radius 2 is 1.64 bits per heavy atom. The van der Waals surface area contributed by atoms with Crippen LogP contribution in [0.5, 0.6) is 0 Å². The van der Waals surface area contributed by atoms with Crippen molar-refractivity contribution >= 4 is 23.4 Å². The number of anilines is 1. The molecule has 0 fully saturated rings. The summed E-state index contributed by atoms with van der Waals surface area (Å²) in [7, 11) is 0. The van der Waals surface area contributed by atoms with E-state index in [4.69, 9.17) is 0 Å². The number of nitrogens with one attached hydrogen (secondary N) is 3. The van der Waals surface area contributed by atoms with Crippen LogP contribution in [0.25, 0.3) is 0 Å². The number of rotatable bonds is 8. The first-order valence-corrected chi connectivity index (χ1v) is 7.45. The van der Waals surface area contributed by atoms with E-state index in [1.807, 2.05) is 6.92 Å². The lowest BCUT2D eigenvalue weighted by atomic mass is 10.2. The van der Waals surface area contributed by atoms with Crippen molar-refractivity contribution in [1.29, 1.82) is 0 Å². The minimum absolute atomic E-state index is 0.00996. The van der Waals surface area contributed by atoms with Crippen LogP contribution < -0.4 is 16.0 Å². The van der Waals surface area contributed by atoms with E-state index in [1.54, 1.807) is 24.3 Å². The highest BCUT2D eigenvalue weighted by atomic mass is 16.2. The van der Waals surface area contributed by atoms with Crippen molar-refractivity contribution in [2.24, 2.45) is 0 Å².